The van der Waals surface area contributed by atoms with Gasteiger partial charge in [-0.3, -0.25) is 58.8 Å². The van der Waals surface area contributed by atoms with E-state index in [0.717, 1.165) is 53.3 Å². The van der Waals surface area contributed by atoms with Crippen molar-refractivity contribution >= 4 is 0 Å². The Morgan fingerprint density at radius 2 is 0.250 bits per heavy atom. The van der Waals surface area contributed by atoms with Crippen LogP contribution < -0.4 is 0 Å². The van der Waals surface area contributed by atoms with E-state index in [1.807, 2.05) is 0 Å². The van der Waals surface area contributed by atoms with E-state index < -0.39 is 0 Å². The van der Waals surface area contributed by atoms with Crippen LogP contribution in [0.25, 0.3) is 0 Å². The highest BCUT2D eigenvalue weighted by molar-refractivity contribution is 4.48. The summed E-state index contributed by atoms with van der Waals surface area (Å²) in [6, 6.07) is 0. The fourth-order valence-corrected chi connectivity index (χ4v) is 4.04. The first kappa shape index (κ1) is 46.5. The van der Waals surface area contributed by atoms with Crippen LogP contribution in [0.1, 0.15) is 0 Å². The highest BCUT2D eigenvalue weighted by atomic mass is 15.4. The molecule has 0 N–H and O–H groups in total. The van der Waals surface area contributed by atoms with E-state index in [-0.39, 0.29) is 0 Å². The Morgan fingerprint density at radius 1 is 0.175 bits per heavy atom. The summed E-state index contributed by atoms with van der Waals surface area (Å²) < 4.78 is 0. The van der Waals surface area contributed by atoms with Gasteiger partial charge in [0.15, 0.2) is 0 Å². The minimum absolute atomic E-state index is 1.01. The van der Waals surface area contributed by atoms with Crippen molar-refractivity contribution in [1.29, 1.82) is 0 Å². The second kappa shape index (κ2) is 28.6. The zero-order valence-corrected chi connectivity index (χ0v) is 31.0. The summed E-state index contributed by atoms with van der Waals surface area (Å²) in [4.78, 5) is 26.2. The Labute approximate surface area is 253 Å². The molecule has 0 saturated heterocycles. The fourth-order valence-electron chi connectivity index (χ4n) is 4.04. The lowest BCUT2D eigenvalue weighted by atomic mass is 10.7. The molecule has 0 radical (unpaired) electrons. The molecule has 0 spiro atoms. The van der Waals surface area contributed by atoms with Crippen LogP contribution in [0, 0.1) is 0 Å². The lowest BCUT2D eigenvalue weighted by Crippen LogP contribution is -2.36. The molecule has 0 aliphatic heterocycles. The zero-order valence-electron chi connectivity index (χ0n) is 31.0. The molecule has 12 nitrogen and oxygen atoms in total. The highest BCUT2D eigenvalue weighted by Gasteiger charge is 2.01. The minimum Gasteiger partial charge on any atom is -0.297 e. The third kappa shape index (κ3) is 50.4. The maximum absolute atomic E-state index is 2.25. The van der Waals surface area contributed by atoms with Crippen LogP contribution >= 0.6 is 0 Å². The van der Waals surface area contributed by atoms with E-state index in [1.165, 1.54) is 0 Å². The van der Waals surface area contributed by atoms with Gasteiger partial charge in [-0.05, 0) is 141 Å². The van der Waals surface area contributed by atoms with Crippen LogP contribution in [0.4, 0.5) is 0 Å². The van der Waals surface area contributed by atoms with E-state index in [9.17, 15) is 0 Å². The average Bonchev–Trinajstić information content (AvgIpc) is 2.63. The predicted molar refractivity (Wildman–Crippen MR) is 179 cm³/mol. The molecule has 0 aliphatic rings. The Hall–Kier alpha value is -0.480. The van der Waals surface area contributed by atoms with E-state index in [1.54, 1.807) is 0 Å². The van der Waals surface area contributed by atoms with Gasteiger partial charge in [0.1, 0.15) is 0 Å². The SMILES string of the molecule is CN(C)CN(C)CN(C)C.CN(C)CN(C)CN(C)C.CN(C)CN(C)CN(C)C.CN(C)CN(C)CN(C)C. The van der Waals surface area contributed by atoms with Gasteiger partial charge >= 0.3 is 0 Å². The van der Waals surface area contributed by atoms with Crippen molar-refractivity contribution in [2.45, 2.75) is 0 Å². The number of nitrogens with zero attached hydrogens (tertiary/aromatic N) is 12. The molecule has 0 saturated carbocycles. The van der Waals surface area contributed by atoms with E-state index in [4.69, 9.17) is 0 Å². The van der Waals surface area contributed by atoms with Crippen LogP contribution in [0.2, 0.25) is 0 Å². The molecular weight excluding hydrogens is 504 g/mol. The lowest BCUT2D eigenvalue weighted by molar-refractivity contribution is 0.147. The van der Waals surface area contributed by atoms with Crippen LogP contribution in [-0.2, 0) is 0 Å². The number of hydrogen-bond donors (Lipinski definition) is 0. The topological polar surface area (TPSA) is 38.9 Å². The third-order valence-corrected chi connectivity index (χ3v) is 4.19. The highest BCUT2D eigenvalue weighted by Crippen LogP contribution is 1.87. The van der Waals surface area contributed by atoms with Crippen LogP contribution in [0.3, 0.4) is 0 Å². The predicted octanol–water partition coefficient (Wildman–Crippen LogP) is -0.174. The minimum atomic E-state index is 1.01. The summed E-state index contributed by atoms with van der Waals surface area (Å²) in [6.45, 7) is 8.10. The summed E-state index contributed by atoms with van der Waals surface area (Å²) in [6.07, 6.45) is 0. The maximum atomic E-state index is 2.25. The van der Waals surface area contributed by atoms with Crippen molar-refractivity contribution in [2.75, 3.05) is 194 Å². The molecule has 0 rings (SSSR count). The lowest BCUT2D eigenvalue weighted by Gasteiger charge is -2.24. The molecule has 40 heavy (non-hydrogen) atoms. The summed E-state index contributed by atoms with van der Waals surface area (Å²) >= 11 is 0. The van der Waals surface area contributed by atoms with Gasteiger partial charge in [-0.25, -0.2) is 0 Å². The zero-order chi connectivity index (χ0) is 32.6. The second-order valence-electron chi connectivity index (χ2n) is 13.2. The van der Waals surface area contributed by atoms with Gasteiger partial charge in [-0.1, -0.05) is 0 Å². The first-order valence-corrected chi connectivity index (χ1v) is 14.0. The third-order valence-electron chi connectivity index (χ3n) is 4.19. The fraction of sp³-hybridized carbons (Fsp3) is 1.00. The quantitative estimate of drug-likeness (QED) is 0.228. The van der Waals surface area contributed by atoms with Gasteiger partial charge in [-0.2, -0.15) is 0 Å². The van der Waals surface area contributed by atoms with Crippen molar-refractivity contribution in [3.05, 3.63) is 0 Å². The molecule has 0 heterocycles. The summed E-state index contributed by atoms with van der Waals surface area (Å²) in [5.41, 5.74) is 0. The normalized spacial score (nSPS) is 12.0. The Morgan fingerprint density at radius 3 is 0.300 bits per heavy atom. The molecule has 0 aromatic heterocycles. The molecule has 0 amide bonds. The van der Waals surface area contributed by atoms with Gasteiger partial charge in [0.2, 0.25) is 0 Å². The average molecular weight is 581 g/mol. The first-order chi connectivity index (χ1) is 18.1. The van der Waals surface area contributed by atoms with Crippen molar-refractivity contribution in [1.82, 2.24) is 58.8 Å². The maximum Gasteiger partial charge on any atom is 0.0509 e. The van der Waals surface area contributed by atoms with Gasteiger partial charge in [0.05, 0.1) is 53.3 Å². The number of rotatable bonds is 16. The molecule has 0 unspecified atom stereocenters. The van der Waals surface area contributed by atoms with Gasteiger partial charge < -0.3 is 0 Å². The summed E-state index contributed by atoms with van der Waals surface area (Å²) in [5.74, 6) is 0. The molecule has 0 aromatic carbocycles. The molecule has 0 atom stereocenters. The molecule has 0 aliphatic carbocycles. The van der Waals surface area contributed by atoms with Crippen LogP contribution in [0.15, 0.2) is 0 Å². The molecule has 12 heteroatoms. The van der Waals surface area contributed by atoms with Crippen molar-refractivity contribution in [2.24, 2.45) is 0 Å². The van der Waals surface area contributed by atoms with Crippen molar-refractivity contribution < 1.29 is 0 Å². The van der Waals surface area contributed by atoms with Gasteiger partial charge in [0, 0.05) is 0 Å². The first-order valence-electron chi connectivity index (χ1n) is 14.0. The monoisotopic (exact) mass is 581 g/mol. The Bertz CT molecular complexity index is 372. The smallest absolute Gasteiger partial charge is 0.0509 e. The van der Waals surface area contributed by atoms with Crippen molar-refractivity contribution in [3.63, 3.8) is 0 Å². The molecular formula is C28H76N12. The number of hydrogen-bond acceptors (Lipinski definition) is 12. The largest absolute Gasteiger partial charge is 0.297 e. The Kier molecular flexibility index (Phi) is 33.3. The molecule has 248 valence electrons. The van der Waals surface area contributed by atoms with E-state index >= 15 is 0 Å². The van der Waals surface area contributed by atoms with E-state index in [2.05, 4.69) is 200 Å². The van der Waals surface area contributed by atoms with Crippen molar-refractivity contribution in [3.8, 4) is 0 Å². The van der Waals surface area contributed by atoms with Crippen LogP contribution in [0.5, 0.6) is 0 Å². The summed E-state index contributed by atoms with van der Waals surface area (Å²) in [7, 11) is 41.7. The Balaban J connectivity index is -0.000000216. The van der Waals surface area contributed by atoms with Crippen LogP contribution in [-0.4, -0.2) is 253 Å². The standard InChI is InChI=1S/4C7H19N3/c4*1-8(2)6-10(5)7-9(3)4/h4*6-7H2,1-5H3. The van der Waals surface area contributed by atoms with E-state index in [0.29, 0.717) is 0 Å². The molecule has 0 aromatic rings. The summed E-state index contributed by atoms with van der Waals surface area (Å²) in [5, 5.41) is 0. The molecule has 0 fully saturated rings. The van der Waals surface area contributed by atoms with Gasteiger partial charge in [-0.15, -0.1) is 0 Å². The second-order valence-corrected chi connectivity index (χ2v) is 13.2. The molecule has 0 bridgehead atoms. The van der Waals surface area contributed by atoms with Gasteiger partial charge in [0.25, 0.3) is 0 Å².